The molecule has 2 aromatic heterocycles. The number of amides is 1. The zero-order chi connectivity index (χ0) is 17.4. The second-order valence-electron chi connectivity index (χ2n) is 5.92. The number of hydrogen-bond acceptors (Lipinski definition) is 6. The smallest absolute Gasteiger partial charge is 0.293 e. The van der Waals surface area contributed by atoms with Gasteiger partial charge in [0.25, 0.3) is 11.7 Å². The van der Waals surface area contributed by atoms with Gasteiger partial charge in [-0.15, -0.1) is 5.10 Å². The van der Waals surface area contributed by atoms with Crippen molar-refractivity contribution < 1.29 is 14.3 Å². The molecule has 1 aromatic carbocycles. The van der Waals surface area contributed by atoms with Crippen LogP contribution in [0, 0.1) is 6.92 Å². The van der Waals surface area contributed by atoms with E-state index in [4.69, 9.17) is 9.47 Å². The summed E-state index contributed by atoms with van der Waals surface area (Å²) in [6.07, 6.45) is 1.39. The van der Waals surface area contributed by atoms with E-state index in [2.05, 4.69) is 15.1 Å². The Morgan fingerprint density at radius 2 is 2.12 bits per heavy atom. The van der Waals surface area contributed by atoms with Crippen molar-refractivity contribution in [2.45, 2.75) is 13.0 Å². The number of aryl methyl sites for hydroxylation is 1. The summed E-state index contributed by atoms with van der Waals surface area (Å²) in [6, 6.07) is 9.29. The van der Waals surface area contributed by atoms with Crippen LogP contribution in [-0.2, 0) is 0 Å². The molecular formula is C17H17N5O3. The van der Waals surface area contributed by atoms with Gasteiger partial charge >= 0.3 is 0 Å². The third-order valence-corrected chi connectivity index (χ3v) is 4.01. The molecule has 0 radical (unpaired) electrons. The maximum Gasteiger partial charge on any atom is 0.293 e. The van der Waals surface area contributed by atoms with Gasteiger partial charge in [0.05, 0.1) is 6.54 Å². The van der Waals surface area contributed by atoms with Crippen LogP contribution in [0.4, 0.5) is 0 Å². The van der Waals surface area contributed by atoms with Crippen molar-refractivity contribution in [2.24, 2.45) is 0 Å². The molecule has 0 fully saturated rings. The highest BCUT2D eigenvalue weighted by molar-refractivity contribution is 5.90. The number of aromatic nitrogens is 4. The van der Waals surface area contributed by atoms with Crippen LogP contribution in [0.5, 0.6) is 11.5 Å². The summed E-state index contributed by atoms with van der Waals surface area (Å²) in [5, 5.41) is 4.24. The predicted molar refractivity (Wildman–Crippen MR) is 88.8 cm³/mol. The maximum absolute atomic E-state index is 12.6. The molecule has 0 saturated carbocycles. The quantitative estimate of drug-likeness (QED) is 0.716. The highest BCUT2D eigenvalue weighted by Crippen LogP contribution is 2.30. The molecule has 1 atom stereocenters. The lowest BCUT2D eigenvalue weighted by Crippen LogP contribution is -2.42. The van der Waals surface area contributed by atoms with Gasteiger partial charge < -0.3 is 14.4 Å². The Balaban J connectivity index is 1.48. The minimum Gasteiger partial charge on any atom is -0.486 e. The van der Waals surface area contributed by atoms with Crippen LogP contribution in [0.2, 0.25) is 0 Å². The average Bonchev–Trinajstić information content (AvgIpc) is 3.06. The van der Waals surface area contributed by atoms with Crippen LogP contribution < -0.4 is 9.47 Å². The molecule has 0 spiro atoms. The lowest BCUT2D eigenvalue weighted by molar-refractivity contribution is 0.0513. The van der Waals surface area contributed by atoms with Crippen LogP contribution in [-0.4, -0.2) is 56.7 Å². The molecule has 3 heterocycles. The first-order valence-electron chi connectivity index (χ1n) is 7.94. The molecule has 0 bridgehead atoms. The van der Waals surface area contributed by atoms with Crippen LogP contribution in [0.15, 0.2) is 36.5 Å². The van der Waals surface area contributed by atoms with Gasteiger partial charge in [0.15, 0.2) is 17.6 Å². The molecule has 1 amide bonds. The number of para-hydroxylation sites is 2. The Hall–Kier alpha value is -3.16. The molecule has 25 heavy (non-hydrogen) atoms. The van der Waals surface area contributed by atoms with E-state index < -0.39 is 0 Å². The molecule has 8 heteroatoms. The second kappa shape index (κ2) is 6.04. The minimum absolute atomic E-state index is 0.112. The van der Waals surface area contributed by atoms with Gasteiger partial charge in [0, 0.05) is 18.9 Å². The fourth-order valence-electron chi connectivity index (χ4n) is 2.71. The number of ether oxygens (including phenoxy) is 2. The summed E-state index contributed by atoms with van der Waals surface area (Å²) in [6.45, 7) is 2.63. The molecule has 0 aliphatic carbocycles. The fourth-order valence-corrected chi connectivity index (χ4v) is 2.71. The highest BCUT2D eigenvalue weighted by Gasteiger charge is 2.26. The number of carbonyl (C=O) groups excluding carboxylic acids is 1. The summed E-state index contributed by atoms with van der Waals surface area (Å²) >= 11 is 0. The average molecular weight is 339 g/mol. The maximum atomic E-state index is 12.6. The van der Waals surface area contributed by atoms with E-state index >= 15 is 0 Å². The van der Waals surface area contributed by atoms with Gasteiger partial charge in [-0.25, -0.2) is 9.50 Å². The monoisotopic (exact) mass is 339 g/mol. The topological polar surface area (TPSA) is 81.9 Å². The van der Waals surface area contributed by atoms with Crippen LogP contribution in [0.1, 0.15) is 16.3 Å². The van der Waals surface area contributed by atoms with Crippen molar-refractivity contribution in [3.63, 3.8) is 0 Å². The summed E-state index contributed by atoms with van der Waals surface area (Å²) in [5.41, 5.74) is 0.861. The first-order valence-corrected chi connectivity index (χ1v) is 7.94. The predicted octanol–water partition coefficient (Wildman–Crippen LogP) is 1.34. The van der Waals surface area contributed by atoms with Gasteiger partial charge in [0.2, 0.25) is 5.82 Å². The zero-order valence-electron chi connectivity index (χ0n) is 13.9. The standard InChI is InChI=1S/C17H17N5O3/c1-11-7-8-18-17-19-15(20-22(11)17)16(23)21(2)9-12-10-24-13-5-3-4-6-14(13)25-12/h3-8,12H,9-10H2,1-2H3. The zero-order valence-corrected chi connectivity index (χ0v) is 13.9. The number of carbonyl (C=O) groups is 1. The minimum atomic E-state index is -0.285. The van der Waals surface area contributed by atoms with Gasteiger partial charge in [-0.05, 0) is 25.1 Å². The summed E-state index contributed by atoms with van der Waals surface area (Å²) in [5.74, 6) is 1.64. The van der Waals surface area contributed by atoms with Gasteiger partial charge in [-0.1, -0.05) is 12.1 Å². The number of nitrogens with zero attached hydrogens (tertiary/aromatic N) is 5. The van der Waals surface area contributed by atoms with Crippen molar-refractivity contribution in [2.75, 3.05) is 20.2 Å². The van der Waals surface area contributed by atoms with E-state index in [0.29, 0.717) is 24.7 Å². The first kappa shape index (κ1) is 15.4. The van der Waals surface area contributed by atoms with E-state index in [1.165, 1.54) is 4.90 Å². The number of benzene rings is 1. The van der Waals surface area contributed by atoms with Crippen LogP contribution in [0.25, 0.3) is 5.78 Å². The van der Waals surface area contributed by atoms with Gasteiger partial charge in [0.1, 0.15) is 6.61 Å². The Kier molecular flexibility index (Phi) is 3.72. The van der Waals surface area contributed by atoms with E-state index in [0.717, 1.165) is 11.4 Å². The molecule has 128 valence electrons. The van der Waals surface area contributed by atoms with Crippen LogP contribution >= 0.6 is 0 Å². The Morgan fingerprint density at radius 3 is 2.92 bits per heavy atom. The summed E-state index contributed by atoms with van der Waals surface area (Å²) < 4.78 is 13.1. The van der Waals surface area contributed by atoms with Gasteiger partial charge in [-0.2, -0.15) is 4.98 Å². The van der Waals surface area contributed by atoms with E-state index in [1.54, 1.807) is 17.8 Å². The molecule has 1 unspecified atom stereocenters. The molecule has 1 aliphatic heterocycles. The number of fused-ring (bicyclic) bond motifs is 2. The van der Waals surface area contributed by atoms with Gasteiger partial charge in [-0.3, -0.25) is 4.79 Å². The summed E-state index contributed by atoms with van der Waals surface area (Å²) in [4.78, 5) is 22.5. The van der Waals surface area contributed by atoms with Crippen molar-refractivity contribution in [3.8, 4) is 11.5 Å². The van der Waals surface area contributed by atoms with E-state index in [9.17, 15) is 4.79 Å². The molecule has 0 N–H and O–H groups in total. The normalized spacial score (nSPS) is 16.0. The Morgan fingerprint density at radius 1 is 1.32 bits per heavy atom. The second-order valence-corrected chi connectivity index (χ2v) is 5.92. The Bertz CT molecular complexity index is 939. The largest absolute Gasteiger partial charge is 0.486 e. The molecular weight excluding hydrogens is 322 g/mol. The third-order valence-electron chi connectivity index (χ3n) is 4.01. The van der Waals surface area contributed by atoms with E-state index in [-0.39, 0.29) is 17.8 Å². The van der Waals surface area contributed by atoms with Crippen molar-refractivity contribution in [1.29, 1.82) is 0 Å². The lowest BCUT2D eigenvalue weighted by Gasteiger charge is -2.29. The molecule has 4 rings (SSSR count). The molecule has 1 aliphatic rings. The number of rotatable bonds is 3. The van der Waals surface area contributed by atoms with Crippen molar-refractivity contribution >= 4 is 11.7 Å². The van der Waals surface area contributed by atoms with Crippen LogP contribution in [0.3, 0.4) is 0 Å². The van der Waals surface area contributed by atoms with E-state index in [1.807, 2.05) is 37.3 Å². The van der Waals surface area contributed by atoms with Crippen molar-refractivity contribution in [1.82, 2.24) is 24.5 Å². The highest BCUT2D eigenvalue weighted by atomic mass is 16.6. The molecule has 0 saturated heterocycles. The first-order chi connectivity index (χ1) is 12.1. The summed E-state index contributed by atoms with van der Waals surface area (Å²) in [7, 11) is 1.69. The SMILES string of the molecule is Cc1ccnc2nc(C(=O)N(C)CC3COc4ccccc4O3)nn12. The third kappa shape index (κ3) is 2.86. The molecule has 3 aromatic rings. The fraction of sp³-hybridized carbons (Fsp3) is 0.294. The molecule has 8 nitrogen and oxygen atoms in total. The lowest BCUT2D eigenvalue weighted by atomic mass is 10.2. The van der Waals surface area contributed by atoms with Crippen molar-refractivity contribution in [3.05, 3.63) is 48.0 Å². The Labute approximate surface area is 144 Å². The number of likely N-dealkylation sites (N-methyl/N-ethyl adjacent to an activating group) is 1. The number of hydrogen-bond donors (Lipinski definition) is 0.